The molecule has 0 unspecified atom stereocenters. The van der Waals surface area contributed by atoms with Crippen LogP contribution in [0.15, 0.2) is 60.8 Å². The van der Waals surface area contributed by atoms with Crippen LogP contribution in [0.25, 0.3) is 0 Å². The predicted molar refractivity (Wildman–Crippen MR) is 108 cm³/mol. The van der Waals surface area contributed by atoms with Gasteiger partial charge in [-0.05, 0) is 42.3 Å². The highest BCUT2D eigenvalue weighted by atomic mass is 16.2. The van der Waals surface area contributed by atoms with Crippen molar-refractivity contribution in [1.82, 2.24) is 9.97 Å². The van der Waals surface area contributed by atoms with Gasteiger partial charge >= 0.3 is 0 Å². The molecule has 1 aliphatic heterocycles. The number of carbonyl (C=O) groups is 2. The van der Waals surface area contributed by atoms with Gasteiger partial charge in [0, 0.05) is 36.7 Å². The number of aromatic nitrogens is 2. The third-order valence-electron chi connectivity index (χ3n) is 4.44. The third kappa shape index (κ3) is 3.68. The van der Waals surface area contributed by atoms with Gasteiger partial charge in [0.15, 0.2) is 0 Å². The highest BCUT2D eigenvalue weighted by Crippen LogP contribution is 2.32. The number of carbonyl (C=O) groups excluding carboxylic acids is 2. The van der Waals surface area contributed by atoms with Crippen molar-refractivity contribution < 1.29 is 9.59 Å². The van der Waals surface area contributed by atoms with E-state index in [4.69, 9.17) is 0 Å². The number of fused-ring (bicyclic) bond motifs is 1. The van der Waals surface area contributed by atoms with Crippen LogP contribution in [0.1, 0.15) is 23.0 Å². The summed E-state index contributed by atoms with van der Waals surface area (Å²) in [7, 11) is 0. The zero-order valence-electron chi connectivity index (χ0n) is 15.3. The first-order valence-corrected chi connectivity index (χ1v) is 8.97. The summed E-state index contributed by atoms with van der Waals surface area (Å²) in [6.07, 6.45) is 2.51. The lowest BCUT2D eigenvalue weighted by molar-refractivity contribution is -0.114. The fourth-order valence-electron chi connectivity index (χ4n) is 3.22. The number of hydrogen-bond donors (Lipinski definition) is 2. The molecule has 140 valence electrons. The van der Waals surface area contributed by atoms with E-state index in [-0.39, 0.29) is 17.5 Å². The summed E-state index contributed by atoms with van der Waals surface area (Å²) in [5.41, 5.74) is 3.78. The Morgan fingerprint density at radius 1 is 1.00 bits per heavy atom. The molecule has 2 amide bonds. The summed E-state index contributed by atoms with van der Waals surface area (Å²) in [5.74, 6) is -0.00415. The molecule has 0 aliphatic carbocycles. The maximum absolute atomic E-state index is 12.7. The number of anilines is 4. The van der Waals surface area contributed by atoms with E-state index in [9.17, 15) is 9.59 Å². The molecular weight excluding hydrogens is 354 g/mol. The van der Waals surface area contributed by atoms with Crippen LogP contribution in [0.5, 0.6) is 0 Å². The zero-order chi connectivity index (χ0) is 19.5. The maximum atomic E-state index is 12.7. The monoisotopic (exact) mass is 373 g/mol. The molecule has 0 saturated carbocycles. The van der Waals surface area contributed by atoms with E-state index in [1.54, 1.807) is 36.5 Å². The van der Waals surface area contributed by atoms with E-state index >= 15 is 0 Å². The van der Waals surface area contributed by atoms with E-state index in [0.717, 1.165) is 18.7 Å². The van der Waals surface area contributed by atoms with Crippen molar-refractivity contribution in [2.45, 2.75) is 13.3 Å². The number of para-hydroxylation sites is 1. The lowest BCUT2D eigenvalue weighted by atomic mass is 10.2. The molecule has 2 aromatic carbocycles. The van der Waals surface area contributed by atoms with Gasteiger partial charge in [0.25, 0.3) is 5.91 Å². The molecule has 0 saturated heterocycles. The molecule has 7 nitrogen and oxygen atoms in total. The molecule has 0 bridgehead atoms. The van der Waals surface area contributed by atoms with E-state index in [1.807, 2.05) is 23.1 Å². The van der Waals surface area contributed by atoms with Gasteiger partial charge in [-0.25, -0.2) is 9.97 Å². The molecule has 3 aromatic rings. The van der Waals surface area contributed by atoms with Gasteiger partial charge in [-0.15, -0.1) is 0 Å². The Labute approximate surface area is 162 Å². The fourth-order valence-corrected chi connectivity index (χ4v) is 3.22. The number of rotatable bonds is 4. The molecule has 4 rings (SSSR count). The highest BCUT2D eigenvalue weighted by Gasteiger charge is 2.22. The molecule has 0 atom stereocenters. The van der Waals surface area contributed by atoms with Crippen LogP contribution < -0.4 is 15.5 Å². The topological polar surface area (TPSA) is 87.2 Å². The highest BCUT2D eigenvalue weighted by molar-refractivity contribution is 6.03. The lowest BCUT2D eigenvalue weighted by Gasteiger charge is -2.17. The number of hydrogen-bond acceptors (Lipinski definition) is 5. The van der Waals surface area contributed by atoms with Gasteiger partial charge in [0.2, 0.25) is 11.9 Å². The van der Waals surface area contributed by atoms with Crippen LogP contribution in [0.4, 0.5) is 23.0 Å². The average Bonchev–Trinajstić information content (AvgIpc) is 3.12. The quantitative estimate of drug-likeness (QED) is 0.732. The first-order chi connectivity index (χ1) is 13.6. The zero-order valence-corrected chi connectivity index (χ0v) is 15.3. The minimum absolute atomic E-state index is 0.171. The number of nitrogens with one attached hydrogen (secondary N) is 2. The third-order valence-corrected chi connectivity index (χ3v) is 4.44. The summed E-state index contributed by atoms with van der Waals surface area (Å²) in [5, 5.41) is 5.50. The van der Waals surface area contributed by atoms with Crippen LogP contribution in [0.3, 0.4) is 0 Å². The van der Waals surface area contributed by atoms with Crippen molar-refractivity contribution in [3.8, 4) is 0 Å². The normalized spacial score (nSPS) is 12.4. The number of amides is 2. The van der Waals surface area contributed by atoms with Crippen molar-refractivity contribution in [2.24, 2.45) is 0 Å². The summed E-state index contributed by atoms with van der Waals surface area (Å²) in [6.45, 7) is 2.22. The van der Waals surface area contributed by atoms with E-state index in [1.165, 1.54) is 12.5 Å². The second-order valence-corrected chi connectivity index (χ2v) is 6.49. The van der Waals surface area contributed by atoms with Crippen LogP contribution in [0, 0.1) is 0 Å². The molecule has 28 heavy (non-hydrogen) atoms. The Morgan fingerprint density at radius 2 is 1.79 bits per heavy atom. The Balaban J connectivity index is 1.54. The summed E-state index contributed by atoms with van der Waals surface area (Å²) >= 11 is 0. The second kappa shape index (κ2) is 7.48. The molecular formula is C21H19N5O2. The van der Waals surface area contributed by atoms with Crippen molar-refractivity contribution in [3.63, 3.8) is 0 Å². The van der Waals surface area contributed by atoms with Crippen LogP contribution in [-0.2, 0) is 11.2 Å². The fraction of sp³-hybridized carbons (Fsp3) is 0.143. The predicted octanol–water partition coefficient (Wildman–Crippen LogP) is 3.38. The Bertz CT molecular complexity index is 1050. The molecule has 0 radical (unpaired) electrons. The van der Waals surface area contributed by atoms with Crippen molar-refractivity contribution in [2.75, 3.05) is 22.1 Å². The average molecular weight is 373 g/mol. The summed E-state index contributed by atoms with van der Waals surface area (Å²) in [6, 6.07) is 16.7. The minimum Gasteiger partial charge on any atom is -0.326 e. The Hall–Kier alpha value is -3.74. The van der Waals surface area contributed by atoms with Gasteiger partial charge in [-0.1, -0.05) is 24.3 Å². The standard InChI is InChI=1S/C21H19N5O2/c1-14(27)23-16-6-4-7-17(13-16)24-20(28)18-9-11-22-21(25-18)26-12-10-15-5-2-3-8-19(15)26/h2-9,11,13H,10,12H2,1H3,(H,23,27)(H,24,28). The van der Waals surface area contributed by atoms with Crippen molar-refractivity contribution in [1.29, 1.82) is 0 Å². The first kappa shape index (κ1) is 17.7. The second-order valence-electron chi connectivity index (χ2n) is 6.49. The summed E-state index contributed by atoms with van der Waals surface area (Å²) < 4.78 is 0. The van der Waals surface area contributed by atoms with Gasteiger partial charge < -0.3 is 15.5 Å². The summed E-state index contributed by atoms with van der Waals surface area (Å²) in [4.78, 5) is 34.7. The SMILES string of the molecule is CC(=O)Nc1cccc(NC(=O)c2ccnc(N3CCc4ccccc43)n2)c1. The van der Waals surface area contributed by atoms with Gasteiger partial charge in [0.05, 0.1) is 0 Å². The van der Waals surface area contributed by atoms with Crippen LogP contribution in [0.2, 0.25) is 0 Å². The molecule has 7 heteroatoms. The van der Waals surface area contributed by atoms with E-state index < -0.39 is 0 Å². The van der Waals surface area contributed by atoms with Crippen molar-refractivity contribution >= 4 is 34.8 Å². The smallest absolute Gasteiger partial charge is 0.274 e. The Kier molecular flexibility index (Phi) is 4.72. The van der Waals surface area contributed by atoms with Gasteiger partial charge in [-0.2, -0.15) is 0 Å². The van der Waals surface area contributed by atoms with Crippen LogP contribution in [-0.4, -0.2) is 28.3 Å². The lowest BCUT2D eigenvalue weighted by Crippen LogP contribution is -2.20. The Morgan fingerprint density at radius 3 is 2.61 bits per heavy atom. The number of benzene rings is 2. The van der Waals surface area contributed by atoms with E-state index in [0.29, 0.717) is 17.3 Å². The first-order valence-electron chi connectivity index (χ1n) is 8.97. The molecule has 2 heterocycles. The van der Waals surface area contributed by atoms with E-state index in [2.05, 4.69) is 26.7 Å². The maximum Gasteiger partial charge on any atom is 0.274 e. The van der Waals surface area contributed by atoms with Gasteiger partial charge in [-0.3, -0.25) is 9.59 Å². The molecule has 2 N–H and O–H groups in total. The van der Waals surface area contributed by atoms with Gasteiger partial charge in [0.1, 0.15) is 5.69 Å². The number of nitrogens with zero attached hydrogens (tertiary/aromatic N) is 3. The molecule has 1 aliphatic rings. The molecule has 1 aromatic heterocycles. The van der Waals surface area contributed by atoms with Crippen molar-refractivity contribution in [3.05, 3.63) is 72.1 Å². The molecule has 0 spiro atoms. The van der Waals surface area contributed by atoms with Crippen LogP contribution >= 0.6 is 0 Å². The molecule has 0 fully saturated rings. The minimum atomic E-state index is -0.337. The largest absolute Gasteiger partial charge is 0.326 e.